The molecule has 0 fully saturated rings. The second-order valence-electron chi connectivity index (χ2n) is 8.22. The van der Waals surface area contributed by atoms with Crippen LogP contribution in [0.2, 0.25) is 0 Å². The van der Waals surface area contributed by atoms with Crippen LogP contribution in [0.3, 0.4) is 0 Å². The second kappa shape index (κ2) is 10.3. The summed E-state index contributed by atoms with van der Waals surface area (Å²) in [4.78, 5) is 16.6. The molecule has 8 nitrogen and oxygen atoms in total. The zero-order valence-electron chi connectivity index (χ0n) is 18.8. The van der Waals surface area contributed by atoms with Crippen LogP contribution >= 0.6 is 0 Å². The van der Waals surface area contributed by atoms with Gasteiger partial charge in [-0.05, 0) is 32.0 Å². The van der Waals surface area contributed by atoms with Crippen molar-refractivity contribution < 1.29 is 35.9 Å². The van der Waals surface area contributed by atoms with E-state index in [2.05, 4.69) is 4.90 Å². The molecule has 0 radical (unpaired) electrons. The highest BCUT2D eigenvalue weighted by atomic mass is 32.2. The first kappa shape index (κ1) is 26.2. The molecule has 32 heavy (non-hydrogen) atoms. The molecule has 1 aromatic rings. The minimum atomic E-state index is -4.88. The normalized spacial score (nSPS) is 24.2. The standard InChI is InChI=1S/C20H30F3N3O5S/c1-13-9-25(3)14(2)11-31-17-8-15(24-32(28,29)12-20(21,22)23)6-7-16(17)19(27)26(4)10-18(13)30-5/h6-8,13-14,18,24H,9-12H2,1-5H3/t13-,14-,18+/m0/s1. The van der Waals surface area contributed by atoms with E-state index in [0.717, 1.165) is 0 Å². The van der Waals surface area contributed by atoms with Crippen molar-refractivity contribution in [2.24, 2.45) is 5.92 Å². The van der Waals surface area contributed by atoms with E-state index in [9.17, 15) is 26.4 Å². The molecule has 182 valence electrons. The lowest BCUT2D eigenvalue weighted by atomic mass is 10.0. The van der Waals surface area contributed by atoms with Crippen LogP contribution in [0.5, 0.6) is 5.75 Å². The summed E-state index contributed by atoms with van der Waals surface area (Å²) in [5, 5.41) is 0. The number of nitrogens with zero attached hydrogens (tertiary/aromatic N) is 2. The van der Waals surface area contributed by atoms with Crippen molar-refractivity contribution in [1.29, 1.82) is 0 Å². The van der Waals surface area contributed by atoms with Gasteiger partial charge in [-0.15, -0.1) is 0 Å². The fourth-order valence-corrected chi connectivity index (χ4v) is 4.44. The number of amides is 1. The maximum atomic E-state index is 13.0. The van der Waals surface area contributed by atoms with E-state index in [1.807, 2.05) is 25.6 Å². The number of rotatable bonds is 4. The summed E-state index contributed by atoms with van der Waals surface area (Å²) in [5.74, 6) is -2.18. The number of likely N-dealkylation sites (N-methyl/N-ethyl adjacent to an activating group) is 2. The van der Waals surface area contributed by atoms with Gasteiger partial charge in [0.25, 0.3) is 5.91 Å². The lowest BCUT2D eigenvalue weighted by Crippen LogP contribution is -2.45. The van der Waals surface area contributed by atoms with E-state index in [1.54, 1.807) is 14.2 Å². The molecule has 0 saturated carbocycles. The highest BCUT2D eigenvalue weighted by molar-refractivity contribution is 7.92. The molecule has 1 aromatic carbocycles. The Morgan fingerprint density at radius 2 is 1.88 bits per heavy atom. The van der Waals surface area contributed by atoms with E-state index in [-0.39, 0.29) is 47.6 Å². The quantitative estimate of drug-likeness (QED) is 0.711. The number of fused-ring (bicyclic) bond motifs is 1. The van der Waals surface area contributed by atoms with Gasteiger partial charge in [-0.3, -0.25) is 14.4 Å². The molecule has 1 N–H and O–H groups in total. The zero-order chi connectivity index (χ0) is 24.3. The van der Waals surface area contributed by atoms with Crippen LogP contribution in [-0.2, 0) is 14.8 Å². The van der Waals surface area contributed by atoms with Gasteiger partial charge in [-0.2, -0.15) is 13.2 Å². The summed E-state index contributed by atoms with van der Waals surface area (Å²) in [6.07, 6.45) is -5.09. The predicted molar refractivity (Wildman–Crippen MR) is 114 cm³/mol. The van der Waals surface area contributed by atoms with Crippen LogP contribution in [0.4, 0.5) is 18.9 Å². The number of methoxy groups -OCH3 is 1. The molecule has 2 rings (SSSR count). The van der Waals surface area contributed by atoms with Crippen LogP contribution in [0.1, 0.15) is 24.2 Å². The Hall–Kier alpha value is -2.05. The van der Waals surface area contributed by atoms with E-state index in [0.29, 0.717) is 13.1 Å². The first-order valence-electron chi connectivity index (χ1n) is 10.0. The molecular weight excluding hydrogens is 451 g/mol. The Bertz CT molecular complexity index is 910. The van der Waals surface area contributed by atoms with E-state index < -0.39 is 22.0 Å². The number of hydrogen-bond acceptors (Lipinski definition) is 6. The van der Waals surface area contributed by atoms with Gasteiger partial charge in [-0.25, -0.2) is 8.42 Å². The molecule has 12 heteroatoms. The minimum absolute atomic E-state index is 0.0550. The summed E-state index contributed by atoms with van der Waals surface area (Å²) in [5.41, 5.74) is 0.0455. The minimum Gasteiger partial charge on any atom is -0.491 e. The van der Waals surface area contributed by atoms with Crippen molar-refractivity contribution in [2.75, 3.05) is 51.4 Å². The fourth-order valence-electron chi connectivity index (χ4n) is 3.45. The molecule has 3 atom stereocenters. The van der Waals surface area contributed by atoms with Crippen LogP contribution in [0.15, 0.2) is 18.2 Å². The molecule has 0 aromatic heterocycles. The summed E-state index contributed by atoms with van der Waals surface area (Å²) < 4.78 is 74.6. The van der Waals surface area contributed by atoms with E-state index in [4.69, 9.17) is 9.47 Å². The monoisotopic (exact) mass is 481 g/mol. The number of carbonyl (C=O) groups is 1. The van der Waals surface area contributed by atoms with Crippen molar-refractivity contribution in [3.05, 3.63) is 23.8 Å². The second-order valence-corrected chi connectivity index (χ2v) is 9.95. The summed E-state index contributed by atoms with van der Waals surface area (Å²) in [6, 6.07) is 3.75. The van der Waals surface area contributed by atoms with Crippen molar-refractivity contribution in [2.45, 2.75) is 32.2 Å². The van der Waals surface area contributed by atoms with Crippen molar-refractivity contribution >= 4 is 21.6 Å². The number of sulfonamides is 1. The molecule has 1 aliphatic heterocycles. The Kier molecular flexibility index (Phi) is 8.40. The molecule has 0 saturated heterocycles. The molecule has 0 unspecified atom stereocenters. The topological polar surface area (TPSA) is 88.2 Å². The van der Waals surface area contributed by atoms with Gasteiger partial charge in [0.1, 0.15) is 12.4 Å². The maximum Gasteiger partial charge on any atom is 0.404 e. The average Bonchev–Trinajstić information content (AvgIpc) is 2.66. The average molecular weight is 482 g/mol. The van der Waals surface area contributed by atoms with Gasteiger partial charge in [0.05, 0.1) is 17.4 Å². The Morgan fingerprint density at radius 1 is 1.22 bits per heavy atom. The number of carbonyl (C=O) groups excluding carboxylic acids is 1. The molecular formula is C20H30F3N3O5S. The number of benzene rings is 1. The number of hydrogen-bond donors (Lipinski definition) is 1. The van der Waals surface area contributed by atoms with E-state index >= 15 is 0 Å². The molecule has 0 bridgehead atoms. The van der Waals surface area contributed by atoms with Crippen LogP contribution < -0.4 is 9.46 Å². The first-order chi connectivity index (χ1) is 14.7. The highest BCUT2D eigenvalue weighted by Crippen LogP contribution is 2.28. The third-order valence-electron chi connectivity index (χ3n) is 5.39. The molecule has 0 aliphatic carbocycles. The first-order valence-corrected chi connectivity index (χ1v) is 11.7. The van der Waals surface area contributed by atoms with Crippen molar-refractivity contribution in [3.63, 3.8) is 0 Å². The van der Waals surface area contributed by atoms with Crippen LogP contribution in [0, 0.1) is 5.92 Å². The lowest BCUT2D eigenvalue weighted by molar-refractivity contribution is -0.106. The van der Waals surface area contributed by atoms with Crippen LogP contribution in [-0.4, -0.2) is 89.1 Å². The van der Waals surface area contributed by atoms with Gasteiger partial charge in [0, 0.05) is 39.4 Å². The Labute approximate surface area is 186 Å². The van der Waals surface area contributed by atoms with Gasteiger partial charge in [0.15, 0.2) is 5.75 Å². The van der Waals surface area contributed by atoms with Crippen molar-refractivity contribution in [1.82, 2.24) is 9.80 Å². The van der Waals surface area contributed by atoms with Gasteiger partial charge in [-0.1, -0.05) is 6.92 Å². The number of nitrogens with one attached hydrogen (secondary N) is 1. The smallest absolute Gasteiger partial charge is 0.404 e. The van der Waals surface area contributed by atoms with Gasteiger partial charge in [0.2, 0.25) is 10.0 Å². The Morgan fingerprint density at radius 3 is 2.47 bits per heavy atom. The molecule has 0 spiro atoms. The number of anilines is 1. The number of halogens is 3. The van der Waals surface area contributed by atoms with Crippen LogP contribution in [0.25, 0.3) is 0 Å². The summed E-state index contributed by atoms with van der Waals surface area (Å²) in [7, 11) is 0.463. The SMILES string of the molecule is CO[C@@H]1CN(C)C(=O)c2ccc(NS(=O)(=O)CC(F)(F)F)cc2OC[C@H](C)N(C)C[C@@H]1C. The van der Waals surface area contributed by atoms with Gasteiger partial charge >= 0.3 is 6.18 Å². The molecule has 1 heterocycles. The van der Waals surface area contributed by atoms with Gasteiger partial charge < -0.3 is 14.4 Å². The van der Waals surface area contributed by atoms with Crippen molar-refractivity contribution in [3.8, 4) is 5.75 Å². The zero-order valence-corrected chi connectivity index (χ0v) is 19.6. The third kappa shape index (κ3) is 7.24. The largest absolute Gasteiger partial charge is 0.491 e. The number of ether oxygens (including phenoxy) is 2. The summed E-state index contributed by atoms with van der Waals surface area (Å²) in [6.45, 7) is 5.16. The number of alkyl halides is 3. The maximum absolute atomic E-state index is 13.0. The van der Waals surface area contributed by atoms with E-state index in [1.165, 1.54) is 23.1 Å². The molecule has 1 aliphatic rings. The summed E-state index contributed by atoms with van der Waals surface area (Å²) >= 11 is 0. The third-order valence-corrected chi connectivity index (χ3v) is 6.64. The Balaban J connectivity index is 2.39. The fraction of sp³-hybridized carbons (Fsp3) is 0.650. The predicted octanol–water partition coefficient (Wildman–Crippen LogP) is 2.43. The lowest BCUT2D eigenvalue weighted by Gasteiger charge is -2.34. The molecule has 1 amide bonds. The highest BCUT2D eigenvalue weighted by Gasteiger charge is 2.35.